The van der Waals surface area contributed by atoms with Crippen LogP contribution in [0.25, 0.3) is 0 Å². The molecule has 2 saturated heterocycles. The van der Waals surface area contributed by atoms with Crippen molar-refractivity contribution in [3.05, 3.63) is 29.8 Å². The lowest BCUT2D eigenvalue weighted by atomic mass is 10.0. The third kappa shape index (κ3) is 27.0. The number of anilines is 4. The Morgan fingerprint density at radius 3 is 1.62 bits per heavy atom. The van der Waals surface area contributed by atoms with E-state index in [-0.39, 0.29) is 51.0 Å². The first-order chi connectivity index (χ1) is 39.5. The zero-order valence-corrected chi connectivity index (χ0v) is 47.6. The number of hydrogen-bond donors (Lipinski definition) is 12. The van der Waals surface area contributed by atoms with Gasteiger partial charge in [-0.15, -0.1) is 0 Å². The zero-order chi connectivity index (χ0) is 59.7. The maximum atomic E-state index is 12.4. The summed E-state index contributed by atoms with van der Waals surface area (Å²) in [5.41, 5.74) is 19.2. The minimum Gasteiger partial charge on any atom is -0.481 e. The van der Waals surface area contributed by atoms with Crippen molar-refractivity contribution in [3.8, 4) is 0 Å². The number of carboxylic acids is 5. The predicted octanol–water partition coefficient (Wildman–Crippen LogP) is 0.677. The topological polar surface area (TPSA) is 405 Å². The highest BCUT2D eigenvalue weighted by atomic mass is 16.4. The summed E-state index contributed by atoms with van der Waals surface area (Å²) in [4.78, 5) is 110. The van der Waals surface area contributed by atoms with Crippen LogP contribution in [0.5, 0.6) is 0 Å². The molecule has 1 aromatic heterocycles. The largest absolute Gasteiger partial charge is 0.481 e. The normalized spacial score (nSPS) is 15.2. The molecule has 0 saturated carbocycles. The summed E-state index contributed by atoms with van der Waals surface area (Å²) in [5, 5.41) is 57.4. The van der Waals surface area contributed by atoms with Gasteiger partial charge in [0, 0.05) is 116 Å². The van der Waals surface area contributed by atoms with Crippen molar-refractivity contribution in [2.24, 2.45) is 17.2 Å². The highest BCUT2D eigenvalue weighted by Crippen LogP contribution is 2.24. The fourth-order valence-corrected chi connectivity index (χ4v) is 10.0. The van der Waals surface area contributed by atoms with Gasteiger partial charge in [0.05, 0.1) is 13.1 Å². The second kappa shape index (κ2) is 38.3. The summed E-state index contributed by atoms with van der Waals surface area (Å²) in [6.07, 6.45) is 10.3. The molecular weight excluding hydrogens is 1060 g/mol. The van der Waals surface area contributed by atoms with E-state index in [1.807, 2.05) is 24.3 Å². The van der Waals surface area contributed by atoms with E-state index in [0.717, 1.165) is 134 Å². The monoisotopic (exact) mass is 1160 g/mol. The van der Waals surface area contributed by atoms with Gasteiger partial charge >= 0.3 is 35.9 Å². The summed E-state index contributed by atoms with van der Waals surface area (Å²) in [7, 11) is 0. The molecule has 1 unspecified atom stereocenters. The SMILES string of the molecule is NCCCN1CCN(c2nc(Nc3ccc(CC(CN(CCN)CC(=O)O)N(CCN)CC(=O)O)cc3)nc(N3CCN(CCCCCCCCCCC(=O)NCCCC[C@H](NC(=O)N[C@@H](CCC(=O)O)C(=O)O)C(=O)O)CC3)n2)CC1. The Kier molecular flexibility index (Phi) is 31.7. The maximum absolute atomic E-state index is 12.4. The van der Waals surface area contributed by atoms with Crippen molar-refractivity contribution in [3.63, 3.8) is 0 Å². The molecule has 460 valence electrons. The number of nitrogens with zero attached hydrogens (tertiary/aromatic N) is 9. The van der Waals surface area contributed by atoms with Crippen molar-refractivity contribution in [2.75, 3.05) is 139 Å². The molecule has 2 aliphatic heterocycles. The van der Waals surface area contributed by atoms with Gasteiger partial charge < -0.3 is 73.8 Å². The van der Waals surface area contributed by atoms with Crippen LogP contribution < -0.4 is 48.3 Å². The number of urea groups is 1. The second-order valence-electron chi connectivity index (χ2n) is 21.1. The van der Waals surface area contributed by atoms with Crippen LogP contribution in [0.4, 0.5) is 28.3 Å². The molecule has 3 heterocycles. The highest BCUT2D eigenvalue weighted by Gasteiger charge is 2.28. The van der Waals surface area contributed by atoms with Crippen molar-refractivity contribution in [1.82, 2.24) is 50.5 Å². The molecule has 3 amide bonds. The van der Waals surface area contributed by atoms with Crippen LogP contribution in [0.15, 0.2) is 24.3 Å². The molecule has 82 heavy (non-hydrogen) atoms. The van der Waals surface area contributed by atoms with Gasteiger partial charge in [0.25, 0.3) is 0 Å². The summed E-state index contributed by atoms with van der Waals surface area (Å²) in [5.74, 6) is -4.35. The molecular formula is C54H92N16O12. The number of unbranched alkanes of at least 4 members (excludes halogenated alkanes) is 8. The molecule has 28 nitrogen and oxygen atoms in total. The van der Waals surface area contributed by atoms with Gasteiger partial charge in [0.15, 0.2) is 0 Å². The van der Waals surface area contributed by atoms with E-state index in [0.29, 0.717) is 76.3 Å². The van der Waals surface area contributed by atoms with Crippen LogP contribution in [0.3, 0.4) is 0 Å². The Morgan fingerprint density at radius 2 is 1.10 bits per heavy atom. The first kappa shape index (κ1) is 67.9. The molecule has 15 N–H and O–H groups in total. The minimum absolute atomic E-state index is 0.0585. The minimum atomic E-state index is -1.48. The van der Waals surface area contributed by atoms with Crippen LogP contribution in [0, 0.1) is 0 Å². The second-order valence-corrected chi connectivity index (χ2v) is 21.1. The standard InChI is InChI=1S/C54H92N16O12/c55-20-11-25-66-30-34-69(35-31-66)53-63-51(59-41-16-14-40(15-17-41)36-42(70(27-22-57)39-48(76)77)37-67(26-21-56)38-47(74)75)62-52(64-53)68-32-28-65(29-33-68)24-10-6-4-2-1-3-5-7-13-45(71)58-23-9-8-12-43(49(78)79)60-54(82)61-44(50(80)81)18-19-46(72)73/h14-17,42-44H,1-13,18-39,55-57H2,(H,58,71)(H,72,73)(H,74,75)(H,76,77)(H,78,79)(H,80,81)(H2,60,61,82)(H,59,62,63,64)/t42?,43-,44-/m0/s1. The molecule has 0 aliphatic carbocycles. The fourth-order valence-electron chi connectivity index (χ4n) is 10.0. The van der Waals surface area contributed by atoms with Crippen molar-refractivity contribution >= 4 is 65.3 Å². The number of nitrogens with one attached hydrogen (secondary N) is 4. The molecule has 1 aromatic carbocycles. The Bertz CT molecular complexity index is 2260. The molecule has 0 spiro atoms. The van der Waals surface area contributed by atoms with Gasteiger partial charge in [0.1, 0.15) is 12.1 Å². The van der Waals surface area contributed by atoms with E-state index >= 15 is 0 Å². The number of rotatable bonds is 43. The van der Waals surface area contributed by atoms with Crippen molar-refractivity contribution in [2.45, 2.75) is 121 Å². The van der Waals surface area contributed by atoms with E-state index in [1.165, 1.54) is 0 Å². The highest BCUT2D eigenvalue weighted by molar-refractivity contribution is 5.86. The van der Waals surface area contributed by atoms with Gasteiger partial charge in [-0.2, -0.15) is 15.0 Å². The number of carboxylic acid groups (broad SMARTS) is 5. The van der Waals surface area contributed by atoms with Crippen molar-refractivity contribution in [1.29, 1.82) is 0 Å². The number of benzene rings is 1. The molecule has 28 heteroatoms. The van der Waals surface area contributed by atoms with Gasteiger partial charge in [-0.3, -0.25) is 38.8 Å². The Hall–Kier alpha value is -6.56. The van der Waals surface area contributed by atoms with Crippen LogP contribution in [0.1, 0.15) is 102 Å². The van der Waals surface area contributed by atoms with Gasteiger partial charge in [-0.1, -0.05) is 50.7 Å². The molecule has 4 rings (SSSR count). The number of aliphatic carboxylic acids is 5. The van der Waals surface area contributed by atoms with Crippen LogP contribution >= 0.6 is 0 Å². The average Bonchev–Trinajstić information content (AvgIpc) is 3.61. The Balaban J connectivity index is 1.18. The number of carbonyl (C=O) groups is 7. The smallest absolute Gasteiger partial charge is 0.326 e. The quantitative estimate of drug-likeness (QED) is 0.0406. The lowest BCUT2D eigenvalue weighted by molar-refractivity contribution is -0.141. The number of piperazine rings is 2. The summed E-state index contributed by atoms with van der Waals surface area (Å²) < 4.78 is 0. The Labute approximate surface area is 480 Å². The average molecular weight is 1160 g/mol. The molecule has 2 aromatic rings. The molecule has 3 atom stereocenters. The number of amides is 3. The van der Waals surface area contributed by atoms with E-state index in [2.05, 4.69) is 40.9 Å². The van der Waals surface area contributed by atoms with Gasteiger partial charge in [-0.05, 0) is 88.7 Å². The number of hydrogen-bond acceptors (Lipinski definition) is 20. The summed E-state index contributed by atoms with van der Waals surface area (Å²) in [6.45, 7) is 10.6. The first-order valence-electron chi connectivity index (χ1n) is 29.0. The predicted molar refractivity (Wildman–Crippen MR) is 309 cm³/mol. The van der Waals surface area contributed by atoms with E-state index in [1.54, 1.807) is 9.80 Å². The lowest BCUT2D eigenvalue weighted by Crippen LogP contribution is -2.51. The third-order valence-electron chi connectivity index (χ3n) is 14.5. The molecule has 0 radical (unpaired) electrons. The van der Waals surface area contributed by atoms with E-state index in [4.69, 9.17) is 37.3 Å². The van der Waals surface area contributed by atoms with Crippen LogP contribution in [0.2, 0.25) is 0 Å². The lowest BCUT2D eigenvalue weighted by Gasteiger charge is -2.36. The summed E-state index contributed by atoms with van der Waals surface area (Å²) in [6, 6.07) is 3.66. The van der Waals surface area contributed by atoms with E-state index < -0.39 is 54.4 Å². The van der Waals surface area contributed by atoms with Crippen LogP contribution in [-0.2, 0) is 35.2 Å². The van der Waals surface area contributed by atoms with Crippen LogP contribution in [-0.4, -0.2) is 244 Å². The molecule has 2 aliphatic rings. The fraction of sp³-hybridized carbons (Fsp3) is 0.704. The number of nitrogens with two attached hydrogens (primary N) is 3. The third-order valence-corrected chi connectivity index (χ3v) is 14.5. The maximum Gasteiger partial charge on any atom is 0.326 e. The van der Waals surface area contributed by atoms with E-state index in [9.17, 15) is 54.0 Å². The zero-order valence-electron chi connectivity index (χ0n) is 47.6. The molecule has 2 fully saturated rings. The molecule has 0 bridgehead atoms. The number of carbonyl (C=O) groups excluding carboxylic acids is 2. The van der Waals surface area contributed by atoms with Gasteiger partial charge in [0.2, 0.25) is 23.8 Å². The Morgan fingerprint density at radius 1 is 0.561 bits per heavy atom. The first-order valence-corrected chi connectivity index (χ1v) is 29.0. The number of aromatic nitrogens is 3. The van der Waals surface area contributed by atoms with Crippen molar-refractivity contribution < 1.29 is 59.1 Å². The van der Waals surface area contributed by atoms with Gasteiger partial charge in [-0.25, -0.2) is 14.4 Å². The summed E-state index contributed by atoms with van der Waals surface area (Å²) >= 11 is 0.